The number of primary amides is 1. The van der Waals surface area contributed by atoms with Crippen LogP contribution in [0.15, 0.2) is 22.4 Å². The van der Waals surface area contributed by atoms with Gasteiger partial charge in [-0.3, -0.25) is 4.79 Å². The molecule has 27 heavy (non-hydrogen) atoms. The molecule has 0 unspecified atom stereocenters. The molecule has 0 heterocycles. The molecular formula is C18H24F4N2OS2. The maximum absolute atomic E-state index is 14.3. The van der Waals surface area contributed by atoms with Crippen LogP contribution in [0.4, 0.5) is 17.6 Å². The van der Waals surface area contributed by atoms with Crippen molar-refractivity contribution in [2.45, 2.75) is 41.9 Å². The maximum atomic E-state index is 14.3. The van der Waals surface area contributed by atoms with Gasteiger partial charge < -0.3 is 11.5 Å². The van der Waals surface area contributed by atoms with Gasteiger partial charge in [-0.25, -0.2) is 17.6 Å². The molecule has 0 fully saturated rings. The van der Waals surface area contributed by atoms with E-state index in [0.717, 1.165) is 11.8 Å². The van der Waals surface area contributed by atoms with Crippen molar-refractivity contribution in [1.29, 1.82) is 0 Å². The van der Waals surface area contributed by atoms with Gasteiger partial charge in [0.05, 0.1) is 9.79 Å². The quantitative estimate of drug-likeness (QED) is 0.210. The van der Waals surface area contributed by atoms with E-state index in [1.54, 1.807) is 0 Å². The number of amides is 1. The van der Waals surface area contributed by atoms with Crippen LogP contribution >= 0.6 is 23.5 Å². The predicted octanol–water partition coefficient (Wildman–Crippen LogP) is 4.62. The first-order valence-electron chi connectivity index (χ1n) is 8.54. The highest BCUT2D eigenvalue weighted by atomic mass is 32.2. The number of rotatable bonds is 13. The van der Waals surface area contributed by atoms with Crippen molar-refractivity contribution in [2.75, 3.05) is 18.1 Å². The first-order valence-corrected chi connectivity index (χ1v) is 10.5. The summed E-state index contributed by atoms with van der Waals surface area (Å²) < 4.78 is 56.8. The molecule has 0 saturated carbocycles. The summed E-state index contributed by atoms with van der Waals surface area (Å²) in [6.45, 7) is 3.87. The molecule has 0 aliphatic rings. The average molecular weight is 425 g/mol. The fourth-order valence-corrected chi connectivity index (χ4v) is 4.36. The maximum Gasteiger partial charge on any atom is 0.217 e. The summed E-state index contributed by atoms with van der Waals surface area (Å²) in [5.74, 6) is -5.61. The van der Waals surface area contributed by atoms with Gasteiger partial charge in [-0.15, -0.1) is 30.1 Å². The van der Waals surface area contributed by atoms with Crippen LogP contribution in [0.1, 0.15) is 32.1 Å². The molecule has 3 nitrogen and oxygen atoms in total. The largest absolute Gasteiger partial charge is 0.370 e. The second-order valence-corrected chi connectivity index (χ2v) is 8.04. The Balaban J connectivity index is 2.90. The van der Waals surface area contributed by atoms with Crippen LogP contribution in [0.3, 0.4) is 0 Å². The average Bonchev–Trinajstić information content (AvgIpc) is 2.63. The van der Waals surface area contributed by atoms with Crippen molar-refractivity contribution in [1.82, 2.24) is 0 Å². The molecule has 0 aliphatic carbocycles. The number of thioether (sulfide) groups is 2. The van der Waals surface area contributed by atoms with Gasteiger partial charge in [-0.1, -0.05) is 6.08 Å². The summed E-state index contributed by atoms with van der Waals surface area (Å²) in [7, 11) is 0. The number of nitrogens with two attached hydrogens (primary N) is 2. The normalized spacial score (nSPS) is 12.2. The number of carbonyl (C=O) groups excluding carboxylic acids is 1. The van der Waals surface area contributed by atoms with Crippen LogP contribution in [0.2, 0.25) is 0 Å². The zero-order chi connectivity index (χ0) is 20.4. The molecule has 9 heteroatoms. The molecule has 4 N–H and O–H groups in total. The van der Waals surface area contributed by atoms with Crippen LogP contribution in [-0.4, -0.2) is 24.0 Å². The Hall–Kier alpha value is -1.19. The molecule has 0 bridgehead atoms. The van der Waals surface area contributed by atoms with Gasteiger partial charge in [0, 0.05) is 17.9 Å². The minimum absolute atomic E-state index is 0.00219. The molecule has 0 aromatic heterocycles. The van der Waals surface area contributed by atoms with Crippen LogP contribution in [0, 0.1) is 29.2 Å². The summed E-state index contributed by atoms with van der Waals surface area (Å²) >= 11 is 1.38. The first-order chi connectivity index (χ1) is 12.8. The van der Waals surface area contributed by atoms with Crippen LogP contribution < -0.4 is 11.5 Å². The van der Waals surface area contributed by atoms with E-state index in [1.165, 1.54) is 6.08 Å². The monoisotopic (exact) mass is 424 g/mol. The molecule has 1 rings (SSSR count). The summed E-state index contributed by atoms with van der Waals surface area (Å²) in [6.07, 6.45) is 4.13. The van der Waals surface area contributed by atoms with Crippen molar-refractivity contribution in [3.8, 4) is 0 Å². The lowest BCUT2D eigenvalue weighted by Crippen LogP contribution is -2.13. The highest BCUT2D eigenvalue weighted by molar-refractivity contribution is 7.99. The van der Waals surface area contributed by atoms with Crippen molar-refractivity contribution < 1.29 is 22.4 Å². The lowest BCUT2D eigenvalue weighted by atomic mass is 9.98. The van der Waals surface area contributed by atoms with Crippen molar-refractivity contribution in [2.24, 2.45) is 17.4 Å². The third-order valence-electron chi connectivity index (χ3n) is 3.84. The highest BCUT2D eigenvalue weighted by Gasteiger charge is 2.26. The van der Waals surface area contributed by atoms with Crippen molar-refractivity contribution in [3.05, 3.63) is 35.9 Å². The Bertz CT molecular complexity index is 630. The van der Waals surface area contributed by atoms with Crippen LogP contribution in [0.25, 0.3) is 0 Å². The van der Waals surface area contributed by atoms with Gasteiger partial charge in [0.15, 0.2) is 23.3 Å². The second kappa shape index (κ2) is 12.3. The number of hydrogen-bond acceptors (Lipinski definition) is 4. The summed E-state index contributed by atoms with van der Waals surface area (Å²) in [5, 5.41) is 0. The zero-order valence-corrected chi connectivity index (χ0v) is 16.5. The Kier molecular flexibility index (Phi) is 10.9. The van der Waals surface area contributed by atoms with Gasteiger partial charge in [0.25, 0.3) is 0 Å². The van der Waals surface area contributed by atoms with Gasteiger partial charge in [-0.2, -0.15) is 0 Å². The first kappa shape index (κ1) is 23.8. The van der Waals surface area contributed by atoms with Crippen LogP contribution in [-0.2, 0) is 4.79 Å². The molecule has 1 atom stereocenters. The SMILES string of the molecule is C=CCSc1c(F)c(F)c(SC[C@H](CCCN)CCCC(N)=O)c(F)c1F. The van der Waals surface area contributed by atoms with E-state index in [1.807, 2.05) is 0 Å². The molecular weight excluding hydrogens is 400 g/mol. The van der Waals surface area contributed by atoms with E-state index >= 15 is 0 Å². The van der Waals surface area contributed by atoms with Crippen LogP contribution in [0.5, 0.6) is 0 Å². The van der Waals surface area contributed by atoms with E-state index < -0.39 is 39.0 Å². The summed E-state index contributed by atoms with van der Waals surface area (Å²) in [6, 6.07) is 0. The van der Waals surface area contributed by atoms with Crippen molar-refractivity contribution >= 4 is 29.4 Å². The minimum atomic E-state index is -1.39. The number of halogens is 4. The fourth-order valence-electron chi connectivity index (χ4n) is 2.47. The Morgan fingerprint density at radius 2 is 1.52 bits per heavy atom. The molecule has 0 aliphatic heterocycles. The topological polar surface area (TPSA) is 69.1 Å². The molecule has 1 aromatic rings. The van der Waals surface area contributed by atoms with Gasteiger partial charge >= 0.3 is 0 Å². The van der Waals surface area contributed by atoms with E-state index in [0.29, 0.717) is 44.0 Å². The van der Waals surface area contributed by atoms with E-state index in [2.05, 4.69) is 6.58 Å². The van der Waals surface area contributed by atoms with Gasteiger partial charge in [-0.05, 0) is 38.1 Å². The Morgan fingerprint density at radius 3 is 2.00 bits per heavy atom. The Labute approximate surface area is 165 Å². The standard InChI is InChI=1S/C18H24F4N2OS2/c1-2-9-26-17-13(19)15(21)18(16(22)14(17)20)27-10-11(6-4-8-23)5-3-7-12(24)25/h2,11H,1,3-10,23H2,(H2,24,25)/t11-/m0/s1. The van der Waals surface area contributed by atoms with Gasteiger partial charge in [0.2, 0.25) is 5.91 Å². The molecule has 152 valence electrons. The second-order valence-electron chi connectivity index (χ2n) is 5.98. The fraction of sp³-hybridized carbons (Fsp3) is 0.500. The van der Waals surface area contributed by atoms with E-state index in [-0.39, 0.29) is 23.8 Å². The number of benzene rings is 1. The lowest BCUT2D eigenvalue weighted by Gasteiger charge is -2.17. The lowest BCUT2D eigenvalue weighted by molar-refractivity contribution is -0.118. The third kappa shape index (κ3) is 7.38. The van der Waals surface area contributed by atoms with E-state index in [9.17, 15) is 22.4 Å². The molecule has 0 radical (unpaired) electrons. The molecule has 1 amide bonds. The van der Waals surface area contributed by atoms with E-state index in [4.69, 9.17) is 11.5 Å². The van der Waals surface area contributed by atoms with Crippen molar-refractivity contribution in [3.63, 3.8) is 0 Å². The molecule has 1 aromatic carbocycles. The third-order valence-corrected chi connectivity index (χ3v) is 6.18. The summed E-state index contributed by atoms with van der Waals surface area (Å²) in [4.78, 5) is 9.50. The Morgan fingerprint density at radius 1 is 1.00 bits per heavy atom. The zero-order valence-electron chi connectivity index (χ0n) is 14.9. The number of carbonyl (C=O) groups is 1. The smallest absolute Gasteiger partial charge is 0.217 e. The molecule has 0 spiro atoms. The number of hydrogen-bond donors (Lipinski definition) is 2. The summed E-state index contributed by atoms with van der Waals surface area (Å²) in [5.41, 5.74) is 10.6. The molecule has 0 saturated heterocycles. The highest BCUT2D eigenvalue weighted by Crippen LogP contribution is 2.37. The minimum Gasteiger partial charge on any atom is -0.370 e. The predicted molar refractivity (Wildman–Crippen MR) is 103 cm³/mol. The van der Waals surface area contributed by atoms with Gasteiger partial charge in [0.1, 0.15) is 0 Å².